The Balaban J connectivity index is 3.44. The van der Waals surface area contributed by atoms with Crippen LogP contribution in [0.1, 0.15) is 0 Å². The van der Waals surface area contributed by atoms with Crippen LogP contribution in [-0.4, -0.2) is 26.9 Å². The van der Waals surface area contributed by atoms with Crippen LogP contribution in [0.5, 0.6) is 11.6 Å². The van der Waals surface area contributed by atoms with Gasteiger partial charge in [-0.05, 0) is 0 Å². The van der Waals surface area contributed by atoms with Crippen LogP contribution in [0.15, 0.2) is 15.9 Å². The Morgan fingerprint density at radius 2 is 1.94 bits per heavy atom. The van der Waals surface area contributed by atoms with Crippen molar-refractivity contribution >= 4 is 10.0 Å². The molecule has 0 saturated heterocycles. The number of H-pyrrole nitrogens is 1. The minimum Gasteiger partial charge on any atom is -0.488 e. The van der Waals surface area contributed by atoms with Crippen molar-refractivity contribution < 1.29 is 31.1 Å². The van der Waals surface area contributed by atoms with Crippen molar-refractivity contribution in [1.29, 1.82) is 0 Å². The van der Waals surface area contributed by atoms with E-state index in [1.54, 1.807) is 0 Å². The molecule has 0 bridgehead atoms. The maximum Gasteiger partial charge on any atom is 0.574 e. The second kappa shape index (κ2) is 4.49. The van der Waals surface area contributed by atoms with Gasteiger partial charge in [-0.25, -0.2) is 13.6 Å². The summed E-state index contributed by atoms with van der Waals surface area (Å²) < 4.78 is 65.7. The number of hydrogen-bond donors (Lipinski definition) is 2. The van der Waals surface area contributed by atoms with Gasteiger partial charge in [0.25, 0.3) is 0 Å². The molecule has 3 N–H and O–H groups in total. The van der Waals surface area contributed by atoms with Crippen LogP contribution in [0.2, 0.25) is 0 Å². The van der Waals surface area contributed by atoms with Crippen molar-refractivity contribution in [3.63, 3.8) is 0 Å². The Morgan fingerprint density at radius 3 is 2.33 bits per heavy atom. The number of alkyl halides is 3. The first-order valence-corrected chi connectivity index (χ1v) is 5.69. The second-order valence-corrected chi connectivity index (χ2v) is 4.47. The lowest BCUT2D eigenvalue weighted by atomic mass is 10.4. The molecule has 102 valence electrons. The molecule has 7 nitrogen and oxygen atoms in total. The van der Waals surface area contributed by atoms with E-state index in [1.807, 2.05) is 4.98 Å². The number of pyridine rings is 1. The van der Waals surface area contributed by atoms with Gasteiger partial charge < -0.3 is 14.5 Å². The fraction of sp³-hybridized carbons (Fsp3) is 0.286. The molecule has 0 saturated carbocycles. The molecule has 11 heteroatoms. The molecule has 1 aromatic heterocycles. The van der Waals surface area contributed by atoms with E-state index in [9.17, 15) is 26.4 Å². The highest BCUT2D eigenvalue weighted by molar-refractivity contribution is 7.89. The third-order valence-corrected chi connectivity index (χ3v) is 2.62. The lowest BCUT2D eigenvalue weighted by molar-refractivity contribution is -0.276. The summed E-state index contributed by atoms with van der Waals surface area (Å²) in [5, 5.41) is 4.69. The van der Waals surface area contributed by atoms with Crippen LogP contribution in [0.3, 0.4) is 0 Å². The second-order valence-electron chi connectivity index (χ2n) is 2.94. The highest BCUT2D eigenvalue weighted by Crippen LogP contribution is 2.27. The first kappa shape index (κ1) is 14.3. The van der Waals surface area contributed by atoms with Crippen molar-refractivity contribution in [3.05, 3.63) is 16.4 Å². The van der Waals surface area contributed by atoms with Crippen molar-refractivity contribution in [2.75, 3.05) is 7.11 Å². The number of hydrogen-bond acceptors (Lipinski definition) is 5. The minimum absolute atomic E-state index is 0.487. The normalized spacial score (nSPS) is 12.3. The summed E-state index contributed by atoms with van der Waals surface area (Å²) in [4.78, 5) is 12.4. The molecule has 0 aliphatic heterocycles. The van der Waals surface area contributed by atoms with Gasteiger partial charge in [0.2, 0.25) is 27.1 Å². The van der Waals surface area contributed by atoms with E-state index in [0.29, 0.717) is 6.20 Å². The number of nitrogens with two attached hydrogens (primary N) is 1. The first-order chi connectivity index (χ1) is 8.06. The van der Waals surface area contributed by atoms with Crippen molar-refractivity contribution in [1.82, 2.24) is 4.98 Å². The summed E-state index contributed by atoms with van der Waals surface area (Å²) in [5.74, 6) is -2.01. The number of methoxy groups -OCH3 is 1. The topological polar surface area (TPSA) is 111 Å². The molecule has 0 fully saturated rings. The molecule has 1 aromatic rings. The summed E-state index contributed by atoms with van der Waals surface area (Å²) in [5.41, 5.74) is -1.34. The van der Waals surface area contributed by atoms with Crippen LogP contribution in [0.4, 0.5) is 13.2 Å². The third kappa shape index (κ3) is 3.13. The number of nitrogens with one attached hydrogen (secondary N) is 1. The standard InChI is InChI=1S/C7H7F3N2O5S/c1-16-5-4(13)3(18(11,14)15)2-12-6(5)17-7(8,9)10/h2H,1H3,(H,12,13)(H2,11,14,15). The summed E-state index contributed by atoms with van der Waals surface area (Å²) in [6.45, 7) is 0. The van der Waals surface area contributed by atoms with Gasteiger partial charge in [-0.15, -0.1) is 13.2 Å². The van der Waals surface area contributed by atoms with Crippen LogP contribution in [-0.2, 0) is 10.0 Å². The third-order valence-electron chi connectivity index (χ3n) is 1.70. The molecule has 0 unspecified atom stereocenters. The molecule has 0 atom stereocenters. The Kier molecular flexibility index (Phi) is 3.57. The average Bonchev–Trinajstić information content (AvgIpc) is 2.13. The summed E-state index contributed by atoms with van der Waals surface area (Å²) >= 11 is 0. The Bertz CT molecular complexity index is 606. The van der Waals surface area contributed by atoms with Crippen LogP contribution in [0.25, 0.3) is 0 Å². The molecule has 0 aliphatic rings. The van der Waals surface area contributed by atoms with Gasteiger partial charge in [0.1, 0.15) is 4.90 Å². The monoisotopic (exact) mass is 288 g/mol. The van der Waals surface area contributed by atoms with Crippen molar-refractivity contribution in [3.8, 4) is 11.6 Å². The lowest BCUT2D eigenvalue weighted by Crippen LogP contribution is -2.25. The summed E-state index contributed by atoms with van der Waals surface area (Å²) in [7, 11) is -3.51. The van der Waals surface area contributed by atoms with Gasteiger partial charge >= 0.3 is 6.36 Å². The zero-order valence-corrected chi connectivity index (χ0v) is 9.55. The molecule has 0 aliphatic carbocycles. The molecule has 1 rings (SSSR count). The van der Waals surface area contributed by atoms with Gasteiger partial charge in [0.05, 0.1) is 7.11 Å². The molecular formula is C7H7F3N2O5S. The largest absolute Gasteiger partial charge is 0.574 e. The predicted molar refractivity (Wildman–Crippen MR) is 51.7 cm³/mol. The van der Waals surface area contributed by atoms with E-state index < -0.39 is 38.3 Å². The van der Waals surface area contributed by atoms with Gasteiger partial charge in [0, 0.05) is 6.20 Å². The van der Waals surface area contributed by atoms with E-state index in [1.165, 1.54) is 0 Å². The number of aromatic nitrogens is 1. The van der Waals surface area contributed by atoms with E-state index in [4.69, 9.17) is 5.14 Å². The lowest BCUT2D eigenvalue weighted by Gasteiger charge is -2.12. The van der Waals surface area contributed by atoms with Crippen molar-refractivity contribution in [2.24, 2.45) is 5.14 Å². The maximum atomic E-state index is 12.0. The highest BCUT2D eigenvalue weighted by atomic mass is 32.2. The van der Waals surface area contributed by atoms with Gasteiger partial charge in [-0.2, -0.15) is 0 Å². The van der Waals surface area contributed by atoms with Gasteiger partial charge in [-0.1, -0.05) is 0 Å². The Morgan fingerprint density at radius 1 is 1.39 bits per heavy atom. The molecule has 0 aromatic carbocycles. The summed E-state index contributed by atoms with van der Waals surface area (Å²) in [6, 6.07) is 0. The SMILES string of the molecule is COc1c(OC(F)(F)F)[nH]cc(S(N)(=O)=O)c1=O. The maximum absolute atomic E-state index is 12.0. The first-order valence-electron chi connectivity index (χ1n) is 4.14. The number of ether oxygens (including phenoxy) is 2. The minimum atomic E-state index is -5.07. The van der Waals surface area contributed by atoms with Gasteiger partial charge in [0.15, 0.2) is 0 Å². The molecule has 0 radical (unpaired) electrons. The smallest absolute Gasteiger partial charge is 0.488 e. The average molecular weight is 288 g/mol. The summed E-state index contributed by atoms with van der Waals surface area (Å²) in [6.07, 6.45) is -4.58. The number of rotatable bonds is 3. The Labute approximate surface area is 98.4 Å². The fourth-order valence-electron chi connectivity index (χ4n) is 1.07. The number of sulfonamides is 1. The molecule has 0 spiro atoms. The molecule has 18 heavy (non-hydrogen) atoms. The number of halogens is 3. The van der Waals surface area contributed by atoms with E-state index in [-0.39, 0.29) is 0 Å². The van der Waals surface area contributed by atoms with E-state index in [2.05, 4.69) is 9.47 Å². The molecule has 0 amide bonds. The Hall–Kier alpha value is -1.75. The van der Waals surface area contributed by atoms with Gasteiger partial charge in [-0.3, -0.25) is 4.79 Å². The van der Waals surface area contributed by atoms with Crippen molar-refractivity contribution in [2.45, 2.75) is 11.3 Å². The van der Waals surface area contributed by atoms with Crippen LogP contribution in [0, 0.1) is 0 Å². The van der Waals surface area contributed by atoms with Crippen LogP contribution < -0.4 is 20.0 Å². The zero-order chi connectivity index (χ0) is 14.1. The number of aromatic amines is 1. The zero-order valence-electron chi connectivity index (χ0n) is 8.74. The molecule has 1 heterocycles. The van der Waals surface area contributed by atoms with E-state index >= 15 is 0 Å². The molecular weight excluding hydrogens is 281 g/mol. The van der Waals surface area contributed by atoms with Crippen LogP contribution >= 0.6 is 0 Å². The van der Waals surface area contributed by atoms with E-state index in [0.717, 1.165) is 7.11 Å². The fourth-order valence-corrected chi connectivity index (χ4v) is 1.64. The number of primary sulfonamides is 1. The predicted octanol–water partition coefficient (Wildman–Crippen LogP) is -0.0705. The highest BCUT2D eigenvalue weighted by Gasteiger charge is 2.34. The quantitative estimate of drug-likeness (QED) is 0.808.